The van der Waals surface area contributed by atoms with Gasteiger partial charge in [0.1, 0.15) is 5.84 Å². The first kappa shape index (κ1) is 12.0. The highest BCUT2D eigenvalue weighted by atomic mass is 15.1. The zero-order valence-electron chi connectivity index (χ0n) is 10.8. The lowest BCUT2D eigenvalue weighted by Gasteiger charge is -2.29. The summed E-state index contributed by atoms with van der Waals surface area (Å²) in [4.78, 5) is 2.26. The Bertz CT molecular complexity index is 435. The van der Waals surface area contributed by atoms with E-state index in [1.165, 1.54) is 12.8 Å². The smallest absolute Gasteiger partial charge is 0.124 e. The molecular weight excluding hydrogens is 210 g/mol. The summed E-state index contributed by atoms with van der Waals surface area (Å²) in [6.45, 7) is 4.28. The molecule has 3 nitrogen and oxygen atoms in total. The van der Waals surface area contributed by atoms with Gasteiger partial charge in [-0.3, -0.25) is 5.41 Å². The van der Waals surface area contributed by atoms with E-state index in [4.69, 9.17) is 11.1 Å². The molecule has 0 radical (unpaired) electrons. The summed E-state index contributed by atoms with van der Waals surface area (Å²) < 4.78 is 0. The topological polar surface area (TPSA) is 53.1 Å². The molecule has 0 saturated heterocycles. The highest BCUT2D eigenvalue weighted by molar-refractivity contribution is 6.00. The highest BCUT2D eigenvalue weighted by Crippen LogP contribution is 2.37. The number of nitrogens with zero attached hydrogens (tertiary/aromatic N) is 1. The molecule has 0 amide bonds. The van der Waals surface area contributed by atoms with Crippen LogP contribution in [-0.4, -0.2) is 18.9 Å². The van der Waals surface area contributed by atoms with E-state index in [0.717, 1.165) is 22.7 Å². The van der Waals surface area contributed by atoms with Crippen LogP contribution in [0.4, 0.5) is 5.69 Å². The van der Waals surface area contributed by atoms with Gasteiger partial charge in [-0.2, -0.15) is 0 Å². The van der Waals surface area contributed by atoms with E-state index in [1.54, 1.807) is 0 Å². The van der Waals surface area contributed by atoms with Crippen molar-refractivity contribution in [1.82, 2.24) is 0 Å². The van der Waals surface area contributed by atoms with E-state index in [1.807, 2.05) is 13.0 Å². The van der Waals surface area contributed by atoms with Gasteiger partial charge in [-0.05, 0) is 44.7 Å². The van der Waals surface area contributed by atoms with Crippen molar-refractivity contribution < 1.29 is 0 Å². The van der Waals surface area contributed by atoms with Crippen LogP contribution in [0.15, 0.2) is 18.2 Å². The number of amidine groups is 1. The highest BCUT2D eigenvalue weighted by Gasteiger charge is 2.31. The largest absolute Gasteiger partial charge is 0.384 e. The average Bonchev–Trinajstić information content (AvgIpc) is 3.10. The van der Waals surface area contributed by atoms with Gasteiger partial charge in [-0.25, -0.2) is 0 Å². The fraction of sp³-hybridized carbons (Fsp3) is 0.500. The molecule has 3 heteroatoms. The lowest BCUT2D eigenvalue weighted by Crippen LogP contribution is -2.32. The van der Waals surface area contributed by atoms with Crippen LogP contribution in [0.3, 0.4) is 0 Å². The van der Waals surface area contributed by atoms with Gasteiger partial charge in [0.25, 0.3) is 0 Å². The van der Waals surface area contributed by atoms with Crippen LogP contribution in [0.2, 0.25) is 0 Å². The summed E-state index contributed by atoms with van der Waals surface area (Å²) >= 11 is 0. The molecule has 3 N–H and O–H groups in total. The van der Waals surface area contributed by atoms with Crippen LogP contribution in [-0.2, 0) is 0 Å². The minimum Gasteiger partial charge on any atom is -0.384 e. The maximum atomic E-state index is 7.68. The van der Waals surface area contributed by atoms with E-state index in [0.29, 0.717) is 6.04 Å². The number of hydrogen-bond donors (Lipinski definition) is 2. The summed E-state index contributed by atoms with van der Waals surface area (Å²) in [7, 11) is 2.10. The summed E-state index contributed by atoms with van der Waals surface area (Å²) in [5.41, 5.74) is 8.73. The molecule has 1 aliphatic carbocycles. The average molecular weight is 231 g/mol. The fourth-order valence-electron chi connectivity index (χ4n) is 2.29. The third-order valence-corrected chi connectivity index (χ3v) is 3.74. The third-order valence-electron chi connectivity index (χ3n) is 3.74. The van der Waals surface area contributed by atoms with E-state index < -0.39 is 0 Å². The summed E-state index contributed by atoms with van der Waals surface area (Å²) in [5, 5.41) is 7.68. The van der Waals surface area contributed by atoms with E-state index in [-0.39, 0.29) is 5.84 Å². The Balaban J connectivity index is 2.32. The number of nitrogens with one attached hydrogen (secondary N) is 1. The first-order valence-corrected chi connectivity index (χ1v) is 6.18. The summed E-state index contributed by atoms with van der Waals surface area (Å²) in [6, 6.07) is 6.67. The SMILES string of the molecule is Cc1ccc(N(C)C(C)C2CC2)c(C(=N)N)c1. The van der Waals surface area contributed by atoms with Crippen LogP contribution >= 0.6 is 0 Å². The second kappa shape index (κ2) is 4.40. The maximum Gasteiger partial charge on any atom is 0.124 e. The van der Waals surface area contributed by atoms with E-state index >= 15 is 0 Å². The van der Waals surface area contributed by atoms with Crippen molar-refractivity contribution >= 4 is 11.5 Å². The molecule has 0 aliphatic heterocycles. The molecule has 1 saturated carbocycles. The zero-order valence-corrected chi connectivity index (χ0v) is 10.8. The van der Waals surface area contributed by atoms with Gasteiger partial charge in [0.15, 0.2) is 0 Å². The molecule has 1 fully saturated rings. The van der Waals surface area contributed by atoms with Crippen molar-refractivity contribution in [1.29, 1.82) is 5.41 Å². The molecule has 1 atom stereocenters. The molecule has 17 heavy (non-hydrogen) atoms. The first-order valence-electron chi connectivity index (χ1n) is 6.18. The van der Waals surface area contributed by atoms with Crippen molar-refractivity contribution in [3.63, 3.8) is 0 Å². The van der Waals surface area contributed by atoms with Crippen LogP contribution in [0.25, 0.3) is 0 Å². The number of hydrogen-bond acceptors (Lipinski definition) is 2. The minimum atomic E-state index is 0.151. The Morgan fingerprint density at radius 2 is 2.12 bits per heavy atom. The molecule has 0 spiro atoms. The molecular formula is C14H21N3. The predicted octanol–water partition coefficient (Wildman–Crippen LogP) is 2.51. The fourth-order valence-corrected chi connectivity index (χ4v) is 2.29. The molecule has 92 valence electrons. The number of anilines is 1. The molecule has 1 aromatic carbocycles. The van der Waals surface area contributed by atoms with Crippen molar-refractivity contribution in [2.24, 2.45) is 11.7 Å². The third kappa shape index (κ3) is 2.43. The van der Waals surface area contributed by atoms with Gasteiger partial charge in [0.2, 0.25) is 0 Å². The maximum absolute atomic E-state index is 7.68. The standard InChI is InChI=1S/C14H21N3/c1-9-4-7-13(12(8-9)14(15)16)17(3)10(2)11-5-6-11/h4,7-8,10-11H,5-6H2,1-3H3,(H3,15,16). The lowest BCUT2D eigenvalue weighted by atomic mass is 10.1. The Labute approximate surface area is 103 Å². The molecule has 1 aromatic rings. The Kier molecular flexibility index (Phi) is 3.09. The minimum absolute atomic E-state index is 0.151. The summed E-state index contributed by atoms with van der Waals surface area (Å²) in [5.74, 6) is 0.958. The second-order valence-corrected chi connectivity index (χ2v) is 5.12. The van der Waals surface area contributed by atoms with Gasteiger partial charge in [-0.1, -0.05) is 11.6 Å². The molecule has 1 unspecified atom stereocenters. The Morgan fingerprint density at radius 1 is 1.47 bits per heavy atom. The number of nitrogen functional groups attached to an aromatic ring is 1. The lowest BCUT2D eigenvalue weighted by molar-refractivity contribution is 0.609. The van der Waals surface area contributed by atoms with Crippen molar-refractivity contribution in [3.05, 3.63) is 29.3 Å². The number of nitrogens with two attached hydrogens (primary N) is 1. The van der Waals surface area contributed by atoms with Gasteiger partial charge < -0.3 is 10.6 Å². The van der Waals surface area contributed by atoms with Crippen molar-refractivity contribution in [2.45, 2.75) is 32.7 Å². The Morgan fingerprint density at radius 3 is 2.65 bits per heavy atom. The van der Waals surface area contributed by atoms with Gasteiger partial charge in [0, 0.05) is 24.3 Å². The van der Waals surface area contributed by atoms with Gasteiger partial charge >= 0.3 is 0 Å². The van der Waals surface area contributed by atoms with Crippen LogP contribution in [0.5, 0.6) is 0 Å². The normalized spacial score (nSPS) is 16.6. The molecule has 0 heterocycles. The molecule has 1 aliphatic rings. The van der Waals surface area contributed by atoms with E-state index in [2.05, 4.69) is 31.0 Å². The molecule has 0 bridgehead atoms. The predicted molar refractivity (Wildman–Crippen MR) is 72.8 cm³/mol. The molecule has 2 rings (SSSR count). The number of rotatable bonds is 4. The molecule has 0 aromatic heterocycles. The van der Waals surface area contributed by atoms with Crippen LogP contribution in [0, 0.1) is 18.3 Å². The quantitative estimate of drug-likeness (QED) is 0.618. The van der Waals surface area contributed by atoms with Crippen molar-refractivity contribution in [2.75, 3.05) is 11.9 Å². The van der Waals surface area contributed by atoms with Crippen LogP contribution < -0.4 is 10.6 Å². The first-order chi connectivity index (χ1) is 8.00. The van der Waals surface area contributed by atoms with Crippen LogP contribution in [0.1, 0.15) is 30.9 Å². The van der Waals surface area contributed by atoms with Gasteiger partial charge in [0.05, 0.1) is 0 Å². The summed E-state index contributed by atoms with van der Waals surface area (Å²) in [6.07, 6.45) is 2.65. The Hall–Kier alpha value is -1.51. The monoisotopic (exact) mass is 231 g/mol. The second-order valence-electron chi connectivity index (χ2n) is 5.12. The van der Waals surface area contributed by atoms with E-state index in [9.17, 15) is 0 Å². The zero-order chi connectivity index (χ0) is 12.6. The van der Waals surface area contributed by atoms with Crippen molar-refractivity contribution in [3.8, 4) is 0 Å². The number of benzene rings is 1. The van der Waals surface area contributed by atoms with Gasteiger partial charge in [-0.15, -0.1) is 0 Å². The number of aryl methyl sites for hydroxylation is 1.